The van der Waals surface area contributed by atoms with Crippen LogP contribution in [0.5, 0.6) is 0 Å². The second-order valence-electron chi connectivity index (χ2n) is 5.81. The van der Waals surface area contributed by atoms with Gasteiger partial charge in [-0.05, 0) is 58.8 Å². The zero-order valence-corrected chi connectivity index (χ0v) is 13.3. The van der Waals surface area contributed by atoms with Gasteiger partial charge in [0, 0.05) is 28.3 Å². The van der Waals surface area contributed by atoms with Crippen molar-refractivity contribution in [2.45, 2.75) is 32.6 Å². The number of benzene rings is 1. The van der Waals surface area contributed by atoms with Gasteiger partial charge in [0.2, 0.25) is 0 Å². The molecule has 2 aromatic rings. The molecule has 1 aromatic carbocycles. The zero-order chi connectivity index (χ0) is 14.2. The number of nitrogens with two attached hydrogens (primary N) is 1. The average Bonchev–Trinajstić information content (AvgIpc) is 2.40. The van der Waals surface area contributed by atoms with E-state index in [4.69, 9.17) is 5.73 Å². The van der Waals surface area contributed by atoms with E-state index in [1.807, 2.05) is 24.4 Å². The van der Waals surface area contributed by atoms with Crippen LogP contribution in [0.2, 0.25) is 0 Å². The third-order valence-corrected chi connectivity index (χ3v) is 5.10. The van der Waals surface area contributed by atoms with Crippen LogP contribution in [0.15, 0.2) is 28.9 Å². The fourth-order valence-corrected chi connectivity index (χ4v) is 3.30. The van der Waals surface area contributed by atoms with Crippen LogP contribution >= 0.6 is 15.9 Å². The number of aromatic nitrogens is 1. The van der Waals surface area contributed by atoms with Crippen LogP contribution < -0.4 is 11.1 Å². The number of rotatable bonds is 4. The molecule has 1 aromatic heterocycles. The molecule has 20 heavy (non-hydrogen) atoms. The van der Waals surface area contributed by atoms with Gasteiger partial charge >= 0.3 is 0 Å². The summed E-state index contributed by atoms with van der Waals surface area (Å²) in [5.74, 6) is 0. The van der Waals surface area contributed by atoms with E-state index in [0.717, 1.165) is 33.3 Å². The lowest BCUT2D eigenvalue weighted by molar-refractivity contribution is 0.145. The molecule has 0 atom stereocenters. The van der Waals surface area contributed by atoms with Crippen LogP contribution in [-0.2, 0) is 0 Å². The minimum Gasteiger partial charge on any atom is -0.398 e. The van der Waals surface area contributed by atoms with E-state index in [1.54, 1.807) is 0 Å². The SMILES string of the molecule is CCC1(CNc2ccc(N)c3cc(Br)cnc23)CCC1. The molecule has 4 heteroatoms. The average molecular weight is 334 g/mol. The first-order valence-corrected chi connectivity index (χ1v) is 8.00. The lowest BCUT2D eigenvalue weighted by Crippen LogP contribution is -2.35. The number of anilines is 2. The summed E-state index contributed by atoms with van der Waals surface area (Å²) in [6, 6.07) is 6.03. The highest BCUT2D eigenvalue weighted by molar-refractivity contribution is 9.10. The summed E-state index contributed by atoms with van der Waals surface area (Å²) in [6.45, 7) is 3.32. The lowest BCUT2D eigenvalue weighted by Gasteiger charge is -2.41. The van der Waals surface area contributed by atoms with Gasteiger partial charge in [-0.1, -0.05) is 13.3 Å². The van der Waals surface area contributed by atoms with Gasteiger partial charge < -0.3 is 11.1 Å². The van der Waals surface area contributed by atoms with Crippen LogP contribution in [0.3, 0.4) is 0 Å². The third kappa shape index (κ3) is 2.37. The maximum Gasteiger partial charge on any atom is 0.0954 e. The van der Waals surface area contributed by atoms with Crippen molar-refractivity contribution in [1.82, 2.24) is 4.98 Å². The fourth-order valence-electron chi connectivity index (χ4n) is 2.97. The predicted octanol–water partition coefficient (Wildman–Crippen LogP) is 4.57. The first-order valence-electron chi connectivity index (χ1n) is 7.21. The monoisotopic (exact) mass is 333 g/mol. The number of hydrogen-bond donors (Lipinski definition) is 2. The lowest BCUT2D eigenvalue weighted by atomic mass is 9.67. The van der Waals surface area contributed by atoms with Crippen LogP contribution in [0, 0.1) is 5.41 Å². The number of halogens is 1. The van der Waals surface area contributed by atoms with E-state index >= 15 is 0 Å². The normalized spacial score (nSPS) is 16.9. The van der Waals surface area contributed by atoms with Gasteiger partial charge in [0.05, 0.1) is 11.2 Å². The Balaban J connectivity index is 1.90. The summed E-state index contributed by atoms with van der Waals surface area (Å²) in [7, 11) is 0. The predicted molar refractivity (Wildman–Crippen MR) is 88.9 cm³/mol. The van der Waals surface area contributed by atoms with E-state index in [2.05, 4.69) is 33.2 Å². The highest BCUT2D eigenvalue weighted by Gasteiger charge is 2.34. The summed E-state index contributed by atoms with van der Waals surface area (Å²) in [5.41, 5.74) is 9.35. The van der Waals surface area contributed by atoms with Crippen LogP contribution in [0.1, 0.15) is 32.6 Å². The molecule has 3 nitrogen and oxygen atoms in total. The van der Waals surface area contributed by atoms with Crippen molar-refractivity contribution in [3.63, 3.8) is 0 Å². The molecule has 3 rings (SSSR count). The molecule has 0 amide bonds. The highest BCUT2D eigenvalue weighted by Crippen LogP contribution is 2.44. The van der Waals surface area contributed by atoms with Gasteiger partial charge in [0.15, 0.2) is 0 Å². The van der Waals surface area contributed by atoms with Crippen molar-refractivity contribution >= 4 is 38.2 Å². The molecule has 106 valence electrons. The standard InChI is InChI=1S/C16H20BrN3/c1-2-16(6-3-7-16)10-20-14-5-4-13(18)12-8-11(17)9-19-15(12)14/h4-5,8-9,20H,2-3,6-7,10,18H2,1H3. The van der Waals surface area contributed by atoms with Gasteiger partial charge in [0.25, 0.3) is 0 Å². The molecule has 0 saturated heterocycles. The van der Waals surface area contributed by atoms with Gasteiger partial charge in [-0.2, -0.15) is 0 Å². The summed E-state index contributed by atoms with van der Waals surface area (Å²) in [6.07, 6.45) is 7.10. The Morgan fingerprint density at radius 1 is 1.40 bits per heavy atom. The summed E-state index contributed by atoms with van der Waals surface area (Å²) >= 11 is 3.45. The number of fused-ring (bicyclic) bond motifs is 1. The second-order valence-corrected chi connectivity index (χ2v) is 6.73. The Kier molecular flexibility index (Phi) is 3.59. The maximum atomic E-state index is 6.05. The van der Waals surface area contributed by atoms with Gasteiger partial charge in [0.1, 0.15) is 0 Å². The van der Waals surface area contributed by atoms with E-state index in [1.165, 1.54) is 25.7 Å². The quantitative estimate of drug-likeness (QED) is 0.805. The van der Waals surface area contributed by atoms with Crippen molar-refractivity contribution in [2.75, 3.05) is 17.6 Å². The first kappa shape index (κ1) is 13.7. The Labute approximate surface area is 128 Å². The smallest absolute Gasteiger partial charge is 0.0954 e. The molecule has 0 spiro atoms. The van der Waals surface area contributed by atoms with Gasteiger partial charge in [-0.3, -0.25) is 4.98 Å². The number of pyridine rings is 1. The minimum absolute atomic E-state index is 0.489. The number of nitrogens with one attached hydrogen (secondary N) is 1. The number of hydrogen-bond acceptors (Lipinski definition) is 3. The molecule has 0 bridgehead atoms. The van der Waals surface area contributed by atoms with E-state index < -0.39 is 0 Å². The van der Waals surface area contributed by atoms with Gasteiger partial charge in [-0.15, -0.1) is 0 Å². The fraction of sp³-hybridized carbons (Fsp3) is 0.438. The Bertz CT molecular complexity index is 629. The van der Waals surface area contributed by atoms with Crippen molar-refractivity contribution in [3.05, 3.63) is 28.9 Å². The number of nitrogen functional groups attached to an aromatic ring is 1. The minimum atomic E-state index is 0.489. The summed E-state index contributed by atoms with van der Waals surface area (Å²) in [5, 5.41) is 4.60. The zero-order valence-electron chi connectivity index (χ0n) is 11.7. The highest BCUT2D eigenvalue weighted by atomic mass is 79.9. The van der Waals surface area contributed by atoms with Crippen LogP contribution in [0.25, 0.3) is 10.9 Å². The molecule has 0 radical (unpaired) electrons. The summed E-state index contributed by atoms with van der Waals surface area (Å²) < 4.78 is 0.956. The Morgan fingerprint density at radius 2 is 2.20 bits per heavy atom. The molecule has 1 saturated carbocycles. The molecule has 1 fully saturated rings. The molecule has 1 aliphatic carbocycles. The number of nitrogens with zero attached hydrogens (tertiary/aromatic N) is 1. The first-order chi connectivity index (χ1) is 9.63. The van der Waals surface area contributed by atoms with Crippen molar-refractivity contribution < 1.29 is 0 Å². The molecular weight excluding hydrogens is 314 g/mol. The van der Waals surface area contributed by atoms with E-state index in [0.29, 0.717) is 5.41 Å². The maximum absolute atomic E-state index is 6.05. The van der Waals surface area contributed by atoms with Gasteiger partial charge in [-0.25, -0.2) is 0 Å². The van der Waals surface area contributed by atoms with E-state index in [-0.39, 0.29) is 0 Å². The molecule has 1 aliphatic rings. The van der Waals surface area contributed by atoms with Crippen LogP contribution in [0.4, 0.5) is 11.4 Å². The van der Waals surface area contributed by atoms with Crippen LogP contribution in [-0.4, -0.2) is 11.5 Å². The summed E-state index contributed by atoms with van der Waals surface area (Å²) in [4.78, 5) is 4.52. The second kappa shape index (κ2) is 5.24. The molecule has 0 unspecified atom stereocenters. The van der Waals surface area contributed by atoms with E-state index in [9.17, 15) is 0 Å². The van der Waals surface area contributed by atoms with Crippen molar-refractivity contribution in [2.24, 2.45) is 5.41 Å². The molecule has 0 aliphatic heterocycles. The van der Waals surface area contributed by atoms with Crippen molar-refractivity contribution in [3.8, 4) is 0 Å². The topological polar surface area (TPSA) is 50.9 Å². The largest absolute Gasteiger partial charge is 0.398 e. The Hall–Kier alpha value is -1.29. The third-order valence-electron chi connectivity index (χ3n) is 4.67. The Morgan fingerprint density at radius 3 is 2.85 bits per heavy atom. The molecule has 3 N–H and O–H groups in total. The molecular formula is C16H20BrN3. The van der Waals surface area contributed by atoms with Crippen molar-refractivity contribution in [1.29, 1.82) is 0 Å². The molecule has 1 heterocycles.